The van der Waals surface area contributed by atoms with Gasteiger partial charge in [0, 0.05) is 33.2 Å². The quantitative estimate of drug-likeness (QED) is 0.750. The number of nitrogens with one attached hydrogen (secondary N) is 2. The summed E-state index contributed by atoms with van der Waals surface area (Å²) in [5, 5.41) is 6.13. The molecule has 0 aliphatic carbocycles. The maximum atomic E-state index is 5.52. The predicted molar refractivity (Wildman–Crippen MR) is 80.9 cm³/mol. The first kappa shape index (κ1) is 15.7. The zero-order valence-corrected chi connectivity index (χ0v) is 12.9. The molecule has 0 saturated carbocycles. The Balaban J connectivity index is 1.88. The van der Waals surface area contributed by atoms with Crippen LogP contribution >= 0.6 is 0 Å². The molecular weight excluding hydrogens is 272 g/mol. The van der Waals surface area contributed by atoms with Crippen LogP contribution < -0.4 is 15.4 Å². The van der Waals surface area contributed by atoms with Crippen LogP contribution in [0.15, 0.2) is 0 Å². The van der Waals surface area contributed by atoms with Crippen LogP contribution in [0.1, 0.15) is 13.8 Å². The van der Waals surface area contributed by atoms with Crippen LogP contribution in [0, 0.1) is 0 Å². The van der Waals surface area contributed by atoms with E-state index in [1.165, 1.54) is 0 Å². The van der Waals surface area contributed by atoms with Gasteiger partial charge in [0.1, 0.15) is 0 Å². The second-order valence-corrected chi connectivity index (χ2v) is 5.06. The van der Waals surface area contributed by atoms with Crippen LogP contribution in [-0.4, -0.2) is 72.4 Å². The monoisotopic (exact) mass is 296 g/mol. The largest absolute Gasteiger partial charge is 0.461 e. The van der Waals surface area contributed by atoms with Gasteiger partial charge in [-0.2, -0.15) is 15.0 Å². The van der Waals surface area contributed by atoms with E-state index in [9.17, 15) is 0 Å². The standard InChI is InChI=1S/C13H24N6O2/c1-10(2)21-13-17-11(14-3)16-12(18-13)15-4-5-19-6-8-20-9-7-19/h10H,4-9H2,1-3H3,(H2,14,15,16,17,18). The van der Waals surface area contributed by atoms with Crippen molar-refractivity contribution >= 4 is 11.9 Å². The summed E-state index contributed by atoms with van der Waals surface area (Å²) >= 11 is 0. The second-order valence-electron chi connectivity index (χ2n) is 5.06. The third kappa shape index (κ3) is 5.31. The Labute approximate surface area is 125 Å². The highest BCUT2D eigenvalue weighted by atomic mass is 16.5. The molecule has 1 aromatic rings. The molecule has 0 atom stereocenters. The number of anilines is 2. The van der Waals surface area contributed by atoms with E-state index in [-0.39, 0.29) is 6.10 Å². The lowest BCUT2D eigenvalue weighted by Crippen LogP contribution is -2.39. The van der Waals surface area contributed by atoms with Gasteiger partial charge in [0.2, 0.25) is 11.9 Å². The van der Waals surface area contributed by atoms with Crippen molar-refractivity contribution in [2.75, 3.05) is 57.1 Å². The first-order valence-electron chi connectivity index (χ1n) is 7.32. The summed E-state index contributed by atoms with van der Waals surface area (Å²) in [7, 11) is 1.77. The van der Waals surface area contributed by atoms with Crippen LogP contribution in [0.4, 0.5) is 11.9 Å². The average molecular weight is 296 g/mol. The number of hydrogen-bond acceptors (Lipinski definition) is 8. The summed E-state index contributed by atoms with van der Waals surface area (Å²) in [5.41, 5.74) is 0. The molecule has 118 valence electrons. The number of rotatable bonds is 7. The minimum atomic E-state index is 0.0262. The van der Waals surface area contributed by atoms with Gasteiger partial charge in [-0.1, -0.05) is 0 Å². The van der Waals surface area contributed by atoms with Crippen molar-refractivity contribution in [2.24, 2.45) is 0 Å². The number of aromatic nitrogens is 3. The summed E-state index contributed by atoms with van der Waals surface area (Å²) in [6.45, 7) is 9.15. The lowest BCUT2D eigenvalue weighted by molar-refractivity contribution is 0.0398. The Morgan fingerprint density at radius 2 is 1.90 bits per heavy atom. The Hall–Kier alpha value is -1.67. The third-order valence-electron chi connectivity index (χ3n) is 2.99. The fraction of sp³-hybridized carbons (Fsp3) is 0.769. The van der Waals surface area contributed by atoms with Gasteiger partial charge in [-0.3, -0.25) is 4.90 Å². The van der Waals surface area contributed by atoms with Crippen molar-refractivity contribution < 1.29 is 9.47 Å². The molecule has 2 heterocycles. The molecule has 1 aromatic heterocycles. The molecule has 1 fully saturated rings. The summed E-state index contributed by atoms with van der Waals surface area (Å²) in [4.78, 5) is 15.1. The van der Waals surface area contributed by atoms with E-state index in [0.717, 1.165) is 39.4 Å². The molecule has 21 heavy (non-hydrogen) atoms. The molecule has 0 unspecified atom stereocenters. The molecule has 8 heteroatoms. The molecule has 0 radical (unpaired) electrons. The minimum Gasteiger partial charge on any atom is -0.461 e. The van der Waals surface area contributed by atoms with Crippen molar-refractivity contribution in [2.45, 2.75) is 20.0 Å². The van der Waals surface area contributed by atoms with Gasteiger partial charge in [0.05, 0.1) is 19.3 Å². The topological polar surface area (TPSA) is 84.4 Å². The summed E-state index contributed by atoms with van der Waals surface area (Å²) in [5.74, 6) is 1.02. The Kier molecular flexibility index (Phi) is 5.94. The second kappa shape index (κ2) is 7.94. The zero-order valence-electron chi connectivity index (χ0n) is 12.9. The molecule has 0 bridgehead atoms. The molecule has 1 aliphatic heterocycles. The van der Waals surface area contributed by atoms with E-state index < -0.39 is 0 Å². The van der Waals surface area contributed by atoms with Crippen molar-refractivity contribution in [3.05, 3.63) is 0 Å². The van der Waals surface area contributed by atoms with Crippen LogP contribution in [0.5, 0.6) is 6.01 Å². The highest BCUT2D eigenvalue weighted by molar-refractivity contribution is 5.35. The number of hydrogen-bond donors (Lipinski definition) is 2. The summed E-state index contributed by atoms with van der Waals surface area (Å²) in [6.07, 6.45) is 0.0262. The van der Waals surface area contributed by atoms with Gasteiger partial charge < -0.3 is 20.1 Å². The molecule has 0 amide bonds. The van der Waals surface area contributed by atoms with Crippen LogP contribution in [0.2, 0.25) is 0 Å². The van der Waals surface area contributed by atoms with Gasteiger partial charge in [0.15, 0.2) is 0 Å². The number of morpholine rings is 1. The summed E-state index contributed by atoms with van der Waals surface area (Å²) < 4.78 is 10.9. The van der Waals surface area contributed by atoms with Gasteiger partial charge in [-0.05, 0) is 13.8 Å². The third-order valence-corrected chi connectivity index (χ3v) is 2.99. The van der Waals surface area contributed by atoms with E-state index in [2.05, 4.69) is 30.5 Å². The average Bonchev–Trinajstić information content (AvgIpc) is 2.47. The zero-order chi connectivity index (χ0) is 15.1. The molecule has 2 rings (SSSR count). The lowest BCUT2D eigenvalue weighted by atomic mass is 10.4. The maximum absolute atomic E-state index is 5.52. The lowest BCUT2D eigenvalue weighted by Gasteiger charge is -2.26. The van der Waals surface area contributed by atoms with E-state index >= 15 is 0 Å². The van der Waals surface area contributed by atoms with Crippen molar-refractivity contribution in [1.82, 2.24) is 19.9 Å². The van der Waals surface area contributed by atoms with Gasteiger partial charge in [-0.15, -0.1) is 0 Å². The minimum absolute atomic E-state index is 0.0262. The highest BCUT2D eigenvalue weighted by Crippen LogP contribution is 2.12. The summed E-state index contributed by atoms with van der Waals surface area (Å²) in [6, 6.07) is 0.332. The fourth-order valence-corrected chi connectivity index (χ4v) is 1.96. The predicted octanol–water partition coefficient (Wildman–Crippen LogP) is 0.445. The molecule has 0 spiro atoms. The van der Waals surface area contributed by atoms with Crippen LogP contribution in [-0.2, 0) is 4.74 Å². The van der Waals surface area contributed by atoms with E-state index in [1.54, 1.807) is 7.05 Å². The van der Waals surface area contributed by atoms with Crippen molar-refractivity contribution in [3.8, 4) is 6.01 Å². The van der Waals surface area contributed by atoms with Crippen molar-refractivity contribution in [1.29, 1.82) is 0 Å². The molecular formula is C13H24N6O2. The maximum Gasteiger partial charge on any atom is 0.323 e. The van der Waals surface area contributed by atoms with Crippen molar-refractivity contribution in [3.63, 3.8) is 0 Å². The van der Waals surface area contributed by atoms with E-state index in [4.69, 9.17) is 9.47 Å². The molecule has 1 saturated heterocycles. The Bertz CT molecular complexity index is 437. The highest BCUT2D eigenvalue weighted by Gasteiger charge is 2.11. The molecule has 8 nitrogen and oxygen atoms in total. The SMILES string of the molecule is CNc1nc(NCCN2CCOCC2)nc(OC(C)C)n1. The van der Waals surface area contributed by atoms with Crippen LogP contribution in [0.25, 0.3) is 0 Å². The molecule has 1 aliphatic rings. The first-order chi connectivity index (χ1) is 10.2. The first-order valence-corrected chi connectivity index (χ1v) is 7.32. The van der Waals surface area contributed by atoms with E-state index in [1.807, 2.05) is 13.8 Å². The molecule has 0 aromatic carbocycles. The van der Waals surface area contributed by atoms with Gasteiger partial charge in [-0.25, -0.2) is 0 Å². The van der Waals surface area contributed by atoms with Crippen LogP contribution in [0.3, 0.4) is 0 Å². The van der Waals surface area contributed by atoms with E-state index in [0.29, 0.717) is 17.9 Å². The van der Waals surface area contributed by atoms with Gasteiger partial charge in [0.25, 0.3) is 0 Å². The fourth-order valence-electron chi connectivity index (χ4n) is 1.96. The normalized spacial score (nSPS) is 16.0. The Morgan fingerprint density at radius 1 is 1.19 bits per heavy atom. The van der Waals surface area contributed by atoms with Gasteiger partial charge >= 0.3 is 6.01 Å². The molecule has 2 N–H and O–H groups in total. The number of nitrogens with zero attached hydrogens (tertiary/aromatic N) is 4. The number of ether oxygens (including phenoxy) is 2. The Morgan fingerprint density at radius 3 is 2.57 bits per heavy atom. The smallest absolute Gasteiger partial charge is 0.323 e.